The smallest absolute Gasteiger partial charge is 0.335 e. The topological polar surface area (TPSA) is 66.4 Å². The van der Waals surface area contributed by atoms with Crippen LogP contribution in [0.3, 0.4) is 0 Å². The minimum absolute atomic E-state index is 0.124. The molecule has 0 aromatic heterocycles. The maximum atomic E-state index is 12.4. The van der Waals surface area contributed by atoms with Crippen molar-refractivity contribution < 1.29 is 14.7 Å². The van der Waals surface area contributed by atoms with Gasteiger partial charge in [0.25, 0.3) is 0 Å². The Morgan fingerprint density at radius 2 is 1.87 bits per heavy atom. The number of thioether (sulfide) groups is 1. The van der Waals surface area contributed by atoms with Crippen LogP contribution in [-0.2, 0) is 4.79 Å². The van der Waals surface area contributed by atoms with Crippen LogP contribution in [0.4, 0.5) is 5.69 Å². The lowest BCUT2D eigenvalue weighted by molar-refractivity contribution is -0.115. The lowest BCUT2D eigenvalue weighted by atomic mass is 10.2. The Balaban J connectivity index is 2.06. The van der Waals surface area contributed by atoms with Crippen LogP contribution >= 0.6 is 11.8 Å². The van der Waals surface area contributed by atoms with Gasteiger partial charge in [0, 0.05) is 10.6 Å². The van der Waals surface area contributed by atoms with Crippen molar-refractivity contribution in [3.8, 4) is 0 Å². The highest BCUT2D eigenvalue weighted by molar-refractivity contribution is 8.00. The second-order valence-electron chi connectivity index (χ2n) is 5.20. The fraction of sp³-hybridized carbons (Fsp3) is 0.222. The zero-order chi connectivity index (χ0) is 16.8. The van der Waals surface area contributed by atoms with Crippen LogP contribution in [0.2, 0.25) is 0 Å². The highest BCUT2D eigenvalue weighted by atomic mass is 32.2. The van der Waals surface area contributed by atoms with Gasteiger partial charge < -0.3 is 10.4 Å². The molecular weight excluding hydrogens is 310 g/mol. The van der Waals surface area contributed by atoms with E-state index in [0.29, 0.717) is 12.1 Å². The fourth-order valence-electron chi connectivity index (χ4n) is 2.06. The number of nitrogens with one attached hydrogen (secondary N) is 1. The van der Waals surface area contributed by atoms with Crippen LogP contribution in [0.25, 0.3) is 0 Å². The largest absolute Gasteiger partial charge is 0.478 e. The molecule has 2 aromatic carbocycles. The Hall–Kier alpha value is -2.27. The summed E-state index contributed by atoms with van der Waals surface area (Å²) in [5.74, 6) is -1.14. The molecule has 1 amide bonds. The van der Waals surface area contributed by atoms with E-state index < -0.39 is 5.97 Å². The van der Waals surface area contributed by atoms with E-state index in [-0.39, 0.29) is 16.7 Å². The second-order valence-corrected chi connectivity index (χ2v) is 6.48. The van der Waals surface area contributed by atoms with Gasteiger partial charge >= 0.3 is 5.97 Å². The van der Waals surface area contributed by atoms with Crippen molar-refractivity contribution in [1.29, 1.82) is 0 Å². The summed E-state index contributed by atoms with van der Waals surface area (Å²) < 4.78 is 0. The molecular formula is C18H19NO3S. The second kappa shape index (κ2) is 7.83. The van der Waals surface area contributed by atoms with Crippen molar-refractivity contribution in [3.63, 3.8) is 0 Å². The molecule has 0 aliphatic rings. The third kappa shape index (κ3) is 4.86. The zero-order valence-corrected chi connectivity index (χ0v) is 13.9. The first-order valence-electron chi connectivity index (χ1n) is 7.37. The zero-order valence-electron chi connectivity index (χ0n) is 13.1. The monoisotopic (exact) mass is 329 g/mol. The Labute approximate surface area is 139 Å². The number of aryl methyl sites for hydroxylation is 1. The van der Waals surface area contributed by atoms with Crippen LogP contribution in [0.1, 0.15) is 29.3 Å². The fourth-order valence-corrected chi connectivity index (χ4v) is 3.01. The number of hydrogen-bond acceptors (Lipinski definition) is 3. The van der Waals surface area contributed by atoms with Crippen LogP contribution < -0.4 is 5.32 Å². The number of anilines is 1. The van der Waals surface area contributed by atoms with Crippen LogP contribution in [0.15, 0.2) is 53.4 Å². The van der Waals surface area contributed by atoms with Crippen molar-refractivity contribution >= 4 is 29.3 Å². The average molecular weight is 329 g/mol. The molecule has 0 bridgehead atoms. The third-order valence-electron chi connectivity index (χ3n) is 3.34. The number of amides is 1. The Morgan fingerprint density at radius 3 is 2.48 bits per heavy atom. The maximum absolute atomic E-state index is 12.4. The first-order valence-corrected chi connectivity index (χ1v) is 8.25. The van der Waals surface area contributed by atoms with Gasteiger partial charge in [-0.25, -0.2) is 4.79 Å². The summed E-state index contributed by atoms with van der Waals surface area (Å²) in [6, 6.07) is 14.3. The highest BCUT2D eigenvalue weighted by Crippen LogP contribution is 2.26. The first-order chi connectivity index (χ1) is 11.0. The van der Waals surface area contributed by atoms with E-state index in [0.717, 1.165) is 4.90 Å². The Bertz CT molecular complexity index is 698. The maximum Gasteiger partial charge on any atom is 0.335 e. The average Bonchev–Trinajstić information content (AvgIpc) is 2.54. The number of aromatic carboxylic acids is 1. The molecule has 0 spiro atoms. The summed E-state index contributed by atoms with van der Waals surface area (Å²) in [6.07, 6.45) is 0.684. The molecule has 0 heterocycles. The Morgan fingerprint density at radius 1 is 1.17 bits per heavy atom. The lowest BCUT2D eigenvalue weighted by Crippen LogP contribution is -2.24. The number of carboxylic acid groups (broad SMARTS) is 1. The summed E-state index contributed by atoms with van der Waals surface area (Å²) in [4.78, 5) is 24.4. The first kappa shape index (κ1) is 17.1. The van der Waals surface area contributed by atoms with E-state index in [2.05, 4.69) is 5.32 Å². The van der Waals surface area contributed by atoms with Gasteiger partial charge in [-0.2, -0.15) is 0 Å². The van der Waals surface area contributed by atoms with Crippen molar-refractivity contribution in [3.05, 3.63) is 59.7 Å². The standard InChI is InChI=1S/C18H19NO3S/c1-3-16(23-15-9-7-12(2)8-10-15)17(20)19-14-6-4-5-13(11-14)18(21)22/h4-11,16H,3H2,1-2H3,(H,19,20)(H,21,22). The van der Waals surface area contributed by atoms with E-state index in [1.807, 2.05) is 38.1 Å². The van der Waals surface area contributed by atoms with Gasteiger partial charge in [0.15, 0.2) is 0 Å². The molecule has 0 saturated heterocycles. The lowest BCUT2D eigenvalue weighted by Gasteiger charge is -2.15. The molecule has 23 heavy (non-hydrogen) atoms. The van der Waals surface area contributed by atoms with Crippen molar-refractivity contribution in [2.75, 3.05) is 5.32 Å². The van der Waals surface area contributed by atoms with Gasteiger partial charge in [-0.1, -0.05) is 30.7 Å². The number of benzene rings is 2. The van der Waals surface area contributed by atoms with Crippen LogP contribution in [0, 0.1) is 6.92 Å². The van der Waals surface area contributed by atoms with Crippen LogP contribution in [-0.4, -0.2) is 22.2 Å². The molecule has 1 atom stereocenters. The number of carbonyl (C=O) groups is 2. The summed E-state index contributed by atoms with van der Waals surface area (Å²) in [7, 11) is 0. The summed E-state index contributed by atoms with van der Waals surface area (Å²) in [6.45, 7) is 3.98. The SMILES string of the molecule is CCC(Sc1ccc(C)cc1)C(=O)Nc1cccc(C(=O)O)c1. The van der Waals surface area contributed by atoms with Crippen molar-refractivity contribution in [2.45, 2.75) is 30.4 Å². The number of carboxylic acids is 1. The quantitative estimate of drug-likeness (QED) is 0.779. The highest BCUT2D eigenvalue weighted by Gasteiger charge is 2.18. The molecule has 2 rings (SSSR count). The number of hydrogen-bond donors (Lipinski definition) is 2. The number of rotatable bonds is 6. The van der Waals surface area contributed by atoms with E-state index in [1.54, 1.807) is 12.1 Å². The minimum Gasteiger partial charge on any atom is -0.478 e. The molecule has 0 saturated carbocycles. The summed E-state index contributed by atoms with van der Waals surface area (Å²) in [5, 5.41) is 11.6. The molecule has 120 valence electrons. The van der Waals surface area contributed by atoms with Gasteiger partial charge in [-0.15, -0.1) is 11.8 Å². The summed E-state index contributed by atoms with van der Waals surface area (Å²) >= 11 is 1.51. The van der Waals surface area contributed by atoms with Gasteiger partial charge in [-0.3, -0.25) is 4.79 Å². The molecule has 5 heteroatoms. The molecule has 2 N–H and O–H groups in total. The molecule has 1 unspecified atom stereocenters. The normalized spacial score (nSPS) is 11.7. The molecule has 0 aliphatic carbocycles. The van der Waals surface area contributed by atoms with Crippen molar-refractivity contribution in [1.82, 2.24) is 0 Å². The van der Waals surface area contributed by atoms with Crippen LogP contribution in [0.5, 0.6) is 0 Å². The Kier molecular flexibility index (Phi) is 5.82. The molecule has 2 aromatic rings. The summed E-state index contributed by atoms with van der Waals surface area (Å²) in [5.41, 5.74) is 1.83. The molecule has 0 radical (unpaired) electrons. The predicted octanol–water partition coefficient (Wildman–Crippen LogP) is 4.20. The van der Waals surface area contributed by atoms with E-state index in [9.17, 15) is 9.59 Å². The molecule has 0 aliphatic heterocycles. The van der Waals surface area contributed by atoms with Gasteiger partial charge in [0.1, 0.15) is 0 Å². The van der Waals surface area contributed by atoms with Gasteiger partial charge in [0.05, 0.1) is 10.8 Å². The third-order valence-corrected chi connectivity index (χ3v) is 4.72. The van der Waals surface area contributed by atoms with E-state index >= 15 is 0 Å². The molecule has 0 fully saturated rings. The number of carbonyl (C=O) groups excluding carboxylic acids is 1. The van der Waals surface area contributed by atoms with Gasteiger partial charge in [-0.05, 0) is 43.7 Å². The molecule has 4 nitrogen and oxygen atoms in total. The van der Waals surface area contributed by atoms with Crippen molar-refractivity contribution in [2.24, 2.45) is 0 Å². The predicted molar refractivity (Wildman–Crippen MR) is 93.1 cm³/mol. The van der Waals surface area contributed by atoms with E-state index in [1.165, 1.54) is 29.5 Å². The van der Waals surface area contributed by atoms with Gasteiger partial charge in [0.2, 0.25) is 5.91 Å². The minimum atomic E-state index is -1.01. The van der Waals surface area contributed by atoms with E-state index in [4.69, 9.17) is 5.11 Å².